The lowest BCUT2D eigenvalue weighted by molar-refractivity contribution is 0.114. The van der Waals surface area contributed by atoms with Crippen molar-refractivity contribution < 1.29 is 14.2 Å². The zero-order chi connectivity index (χ0) is 19.4. The fourth-order valence-corrected chi connectivity index (χ4v) is 2.38. The summed E-state index contributed by atoms with van der Waals surface area (Å²) >= 11 is 0. The van der Waals surface area contributed by atoms with Crippen molar-refractivity contribution in [1.82, 2.24) is 10.6 Å². The third kappa shape index (κ3) is 7.95. The Bertz CT molecular complexity index is 547. The van der Waals surface area contributed by atoms with Gasteiger partial charge in [-0.25, -0.2) is 0 Å². The number of guanidine groups is 1. The second-order valence-electron chi connectivity index (χ2n) is 6.41. The van der Waals surface area contributed by atoms with Crippen LogP contribution < -0.4 is 20.1 Å². The van der Waals surface area contributed by atoms with Gasteiger partial charge in [-0.1, -0.05) is 19.9 Å². The summed E-state index contributed by atoms with van der Waals surface area (Å²) in [6.45, 7) is 13.7. The largest absolute Gasteiger partial charge is 0.490 e. The first-order chi connectivity index (χ1) is 12.5. The van der Waals surface area contributed by atoms with E-state index in [2.05, 4.69) is 36.4 Å². The first-order valence-electron chi connectivity index (χ1n) is 9.46. The van der Waals surface area contributed by atoms with Crippen LogP contribution >= 0.6 is 0 Å². The molecule has 0 radical (unpaired) electrons. The topological polar surface area (TPSA) is 64.1 Å². The summed E-state index contributed by atoms with van der Waals surface area (Å²) in [7, 11) is 1.76. The quantitative estimate of drug-likeness (QED) is 0.358. The molecule has 0 heterocycles. The summed E-state index contributed by atoms with van der Waals surface area (Å²) in [6.07, 6.45) is 0. The lowest BCUT2D eigenvalue weighted by atomic mass is 10.1. The molecule has 0 aliphatic carbocycles. The first kappa shape index (κ1) is 22.1. The predicted molar refractivity (Wildman–Crippen MR) is 107 cm³/mol. The highest BCUT2D eigenvalue weighted by Crippen LogP contribution is 2.30. The van der Waals surface area contributed by atoms with Crippen LogP contribution in [0.5, 0.6) is 11.5 Å². The van der Waals surface area contributed by atoms with Crippen LogP contribution in [0.4, 0.5) is 0 Å². The van der Waals surface area contributed by atoms with Gasteiger partial charge in [0.05, 0.1) is 25.9 Å². The summed E-state index contributed by atoms with van der Waals surface area (Å²) in [6, 6.07) is 6.10. The molecule has 6 heteroatoms. The van der Waals surface area contributed by atoms with Gasteiger partial charge in [0.25, 0.3) is 0 Å². The molecule has 1 unspecified atom stereocenters. The number of hydrogen-bond donors (Lipinski definition) is 2. The summed E-state index contributed by atoms with van der Waals surface area (Å²) in [5, 5.41) is 6.66. The SMILES string of the molecule is CCOc1ccc(C(C)NC(=NC)NCCOCC(C)C)cc1OCC. The van der Waals surface area contributed by atoms with E-state index < -0.39 is 0 Å². The normalized spacial score (nSPS) is 12.8. The van der Waals surface area contributed by atoms with Crippen LogP contribution in [0, 0.1) is 5.92 Å². The van der Waals surface area contributed by atoms with Crippen molar-refractivity contribution in [3.63, 3.8) is 0 Å². The van der Waals surface area contributed by atoms with Crippen LogP contribution in [-0.4, -0.2) is 46.0 Å². The molecule has 0 saturated heterocycles. The maximum Gasteiger partial charge on any atom is 0.191 e. The number of aliphatic imine (C=N–C) groups is 1. The average molecular weight is 366 g/mol. The predicted octanol–water partition coefficient (Wildman–Crippen LogP) is 3.38. The Morgan fingerprint density at radius 1 is 1.08 bits per heavy atom. The third-order valence-corrected chi connectivity index (χ3v) is 3.63. The molecule has 148 valence electrons. The summed E-state index contributed by atoms with van der Waals surface area (Å²) in [4.78, 5) is 4.27. The molecule has 26 heavy (non-hydrogen) atoms. The molecule has 0 aromatic heterocycles. The Kier molecular flexibility index (Phi) is 10.5. The maximum atomic E-state index is 5.71. The molecule has 0 aliphatic heterocycles. The number of ether oxygens (including phenoxy) is 3. The molecule has 1 aromatic rings. The minimum atomic E-state index is 0.0765. The van der Waals surface area contributed by atoms with Crippen molar-refractivity contribution >= 4 is 5.96 Å². The molecule has 0 amide bonds. The molecule has 1 rings (SSSR count). The van der Waals surface area contributed by atoms with Gasteiger partial charge in [-0.2, -0.15) is 0 Å². The van der Waals surface area contributed by atoms with Crippen molar-refractivity contribution in [3.8, 4) is 11.5 Å². The Labute approximate surface area is 158 Å². The zero-order valence-corrected chi connectivity index (χ0v) is 17.1. The van der Waals surface area contributed by atoms with Gasteiger partial charge in [0.15, 0.2) is 17.5 Å². The minimum Gasteiger partial charge on any atom is -0.490 e. The number of hydrogen-bond acceptors (Lipinski definition) is 4. The van der Waals surface area contributed by atoms with Gasteiger partial charge in [-0.15, -0.1) is 0 Å². The smallest absolute Gasteiger partial charge is 0.191 e. The number of rotatable bonds is 11. The Balaban J connectivity index is 2.61. The summed E-state index contributed by atoms with van der Waals surface area (Å²) < 4.78 is 16.9. The first-order valence-corrected chi connectivity index (χ1v) is 9.46. The maximum absolute atomic E-state index is 5.71. The van der Waals surface area contributed by atoms with Gasteiger partial charge in [0, 0.05) is 20.2 Å². The van der Waals surface area contributed by atoms with Crippen molar-refractivity contribution in [1.29, 1.82) is 0 Å². The molecule has 1 atom stereocenters. The molecule has 0 spiro atoms. The molecule has 1 aromatic carbocycles. The van der Waals surface area contributed by atoms with Crippen LogP contribution in [0.25, 0.3) is 0 Å². The van der Waals surface area contributed by atoms with Crippen molar-refractivity contribution in [2.24, 2.45) is 10.9 Å². The highest BCUT2D eigenvalue weighted by Gasteiger charge is 2.12. The summed E-state index contributed by atoms with van der Waals surface area (Å²) in [5.41, 5.74) is 1.11. The monoisotopic (exact) mass is 365 g/mol. The summed E-state index contributed by atoms with van der Waals surface area (Å²) in [5.74, 6) is 2.84. The zero-order valence-electron chi connectivity index (χ0n) is 17.1. The molecule has 2 N–H and O–H groups in total. The van der Waals surface area contributed by atoms with Gasteiger partial charge < -0.3 is 24.8 Å². The Morgan fingerprint density at radius 3 is 2.38 bits per heavy atom. The van der Waals surface area contributed by atoms with E-state index in [4.69, 9.17) is 14.2 Å². The minimum absolute atomic E-state index is 0.0765. The van der Waals surface area contributed by atoms with Crippen LogP contribution in [0.2, 0.25) is 0 Å². The van der Waals surface area contributed by atoms with Crippen molar-refractivity contribution in [3.05, 3.63) is 23.8 Å². The molecular formula is C20H35N3O3. The number of benzene rings is 1. The average Bonchev–Trinajstić information content (AvgIpc) is 2.61. The fraction of sp³-hybridized carbons (Fsp3) is 0.650. The highest BCUT2D eigenvalue weighted by atomic mass is 16.5. The molecule has 0 fully saturated rings. The van der Waals surface area contributed by atoms with E-state index in [9.17, 15) is 0 Å². The van der Waals surface area contributed by atoms with E-state index in [1.165, 1.54) is 0 Å². The van der Waals surface area contributed by atoms with Gasteiger partial charge in [0.2, 0.25) is 0 Å². The molecule has 0 bridgehead atoms. The van der Waals surface area contributed by atoms with Gasteiger partial charge >= 0.3 is 0 Å². The Hall–Kier alpha value is -1.95. The molecule has 6 nitrogen and oxygen atoms in total. The molecular weight excluding hydrogens is 330 g/mol. The van der Waals surface area contributed by atoms with E-state index in [0.717, 1.165) is 29.6 Å². The lowest BCUT2D eigenvalue weighted by Crippen LogP contribution is -2.40. The number of nitrogens with one attached hydrogen (secondary N) is 2. The lowest BCUT2D eigenvalue weighted by Gasteiger charge is -2.20. The van der Waals surface area contributed by atoms with Crippen LogP contribution in [0.3, 0.4) is 0 Å². The van der Waals surface area contributed by atoms with E-state index in [-0.39, 0.29) is 6.04 Å². The van der Waals surface area contributed by atoms with Crippen LogP contribution in [0.15, 0.2) is 23.2 Å². The Morgan fingerprint density at radius 2 is 1.77 bits per heavy atom. The van der Waals surface area contributed by atoms with Crippen molar-refractivity contribution in [2.45, 2.75) is 40.7 Å². The van der Waals surface area contributed by atoms with Gasteiger partial charge in [-0.3, -0.25) is 4.99 Å². The van der Waals surface area contributed by atoms with Crippen LogP contribution in [-0.2, 0) is 4.74 Å². The standard InChI is InChI=1S/C20H35N3O3/c1-7-25-18-10-9-17(13-19(18)26-8-2)16(5)23-20(21-6)22-11-12-24-14-15(3)4/h9-10,13,15-16H,7-8,11-12,14H2,1-6H3,(H2,21,22,23). The fourth-order valence-electron chi connectivity index (χ4n) is 2.38. The van der Waals surface area contributed by atoms with E-state index in [1.807, 2.05) is 32.0 Å². The van der Waals surface area contributed by atoms with E-state index in [0.29, 0.717) is 32.3 Å². The van der Waals surface area contributed by atoms with E-state index in [1.54, 1.807) is 7.05 Å². The van der Waals surface area contributed by atoms with E-state index >= 15 is 0 Å². The van der Waals surface area contributed by atoms with Crippen LogP contribution in [0.1, 0.15) is 46.2 Å². The van der Waals surface area contributed by atoms with Gasteiger partial charge in [0.1, 0.15) is 0 Å². The second-order valence-corrected chi connectivity index (χ2v) is 6.41. The highest BCUT2D eigenvalue weighted by molar-refractivity contribution is 5.80. The third-order valence-electron chi connectivity index (χ3n) is 3.63. The van der Waals surface area contributed by atoms with Gasteiger partial charge in [-0.05, 0) is 44.4 Å². The molecule has 0 aliphatic rings. The number of nitrogens with zero attached hydrogens (tertiary/aromatic N) is 1. The second kappa shape index (κ2) is 12.4. The van der Waals surface area contributed by atoms with Crippen molar-refractivity contribution in [2.75, 3.05) is 40.0 Å². The molecule has 0 saturated carbocycles.